The maximum Gasteiger partial charge on any atom is 0.416 e. The summed E-state index contributed by atoms with van der Waals surface area (Å²) in [5, 5.41) is 11.0. The molecule has 8 heteroatoms. The second-order valence-electron chi connectivity index (χ2n) is 4.55. The summed E-state index contributed by atoms with van der Waals surface area (Å²) < 4.78 is 39.4. The Bertz CT molecular complexity index is 673. The Morgan fingerprint density at radius 1 is 1.14 bits per heavy atom. The van der Waals surface area contributed by atoms with Gasteiger partial charge in [-0.2, -0.15) is 13.2 Å². The summed E-state index contributed by atoms with van der Waals surface area (Å²) in [7, 11) is 0. The van der Waals surface area contributed by atoms with Gasteiger partial charge in [-0.05, 0) is 38.1 Å². The van der Waals surface area contributed by atoms with E-state index in [-0.39, 0.29) is 5.69 Å². The lowest BCUT2D eigenvalue weighted by Crippen LogP contribution is -2.14. The van der Waals surface area contributed by atoms with Crippen molar-refractivity contribution < 1.29 is 18.1 Å². The molecule has 21 heavy (non-hydrogen) atoms. The number of nitro benzene ring substituents is 1. The summed E-state index contributed by atoms with van der Waals surface area (Å²) in [6.07, 6.45) is -4.62. The zero-order valence-corrected chi connectivity index (χ0v) is 11.2. The van der Waals surface area contributed by atoms with E-state index < -0.39 is 22.4 Å². The Labute approximate surface area is 118 Å². The quantitative estimate of drug-likeness (QED) is 0.690. The number of anilines is 1. The standard InChI is InChI=1S/C13H12F3N3O2/c1-8-3-4-9(2)18(8)17-11-6-5-10(13(14,15)16)7-12(11)19(20)21/h3-7,17H,1-2H3. The van der Waals surface area contributed by atoms with Crippen LogP contribution in [0, 0.1) is 24.0 Å². The van der Waals surface area contributed by atoms with Crippen molar-refractivity contribution in [3.63, 3.8) is 0 Å². The fourth-order valence-electron chi connectivity index (χ4n) is 1.92. The molecule has 0 aliphatic heterocycles. The number of nitrogens with zero attached hydrogens (tertiary/aromatic N) is 2. The first-order chi connectivity index (χ1) is 9.70. The highest BCUT2D eigenvalue weighted by Crippen LogP contribution is 2.35. The average Bonchev–Trinajstić information content (AvgIpc) is 2.69. The lowest BCUT2D eigenvalue weighted by atomic mass is 10.1. The van der Waals surface area contributed by atoms with Crippen LogP contribution in [0.4, 0.5) is 24.5 Å². The fraction of sp³-hybridized carbons (Fsp3) is 0.231. The van der Waals surface area contributed by atoms with Crippen LogP contribution in [0.5, 0.6) is 0 Å². The highest BCUT2D eigenvalue weighted by molar-refractivity contribution is 5.63. The SMILES string of the molecule is Cc1ccc(C)n1Nc1ccc(C(F)(F)F)cc1[N+](=O)[O-]. The van der Waals surface area contributed by atoms with Crippen LogP contribution in [0.2, 0.25) is 0 Å². The molecular weight excluding hydrogens is 287 g/mol. The first-order valence-electron chi connectivity index (χ1n) is 5.98. The fourth-order valence-corrected chi connectivity index (χ4v) is 1.92. The Kier molecular flexibility index (Phi) is 3.63. The molecule has 1 N–H and O–H groups in total. The molecule has 0 aliphatic rings. The van der Waals surface area contributed by atoms with E-state index >= 15 is 0 Å². The number of halogens is 3. The van der Waals surface area contributed by atoms with Crippen LogP contribution in [0.3, 0.4) is 0 Å². The topological polar surface area (TPSA) is 60.1 Å². The van der Waals surface area contributed by atoms with E-state index in [9.17, 15) is 23.3 Å². The first-order valence-corrected chi connectivity index (χ1v) is 5.98. The minimum atomic E-state index is -4.62. The molecule has 0 aliphatic carbocycles. The molecule has 0 fully saturated rings. The minimum absolute atomic E-state index is 0.00426. The van der Waals surface area contributed by atoms with Gasteiger partial charge in [0.2, 0.25) is 0 Å². The van der Waals surface area contributed by atoms with Crippen LogP contribution >= 0.6 is 0 Å². The smallest absolute Gasteiger partial charge is 0.288 e. The van der Waals surface area contributed by atoms with Crippen LogP contribution in [0.1, 0.15) is 17.0 Å². The van der Waals surface area contributed by atoms with Gasteiger partial charge in [0.25, 0.3) is 5.69 Å². The molecule has 0 spiro atoms. The number of hydrogen-bond donors (Lipinski definition) is 1. The van der Waals surface area contributed by atoms with E-state index in [1.165, 1.54) is 0 Å². The third kappa shape index (κ3) is 2.99. The Balaban J connectivity index is 2.47. The number of benzene rings is 1. The van der Waals surface area contributed by atoms with Crippen molar-refractivity contribution in [2.75, 3.05) is 5.43 Å². The summed E-state index contributed by atoms with van der Waals surface area (Å²) >= 11 is 0. The van der Waals surface area contributed by atoms with Crippen LogP contribution < -0.4 is 5.43 Å². The number of aromatic nitrogens is 1. The van der Waals surface area contributed by atoms with Crippen LogP contribution in [0.25, 0.3) is 0 Å². The molecule has 0 unspecified atom stereocenters. The van der Waals surface area contributed by atoms with Gasteiger partial charge in [-0.1, -0.05) is 0 Å². The lowest BCUT2D eigenvalue weighted by molar-refractivity contribution is -0.384. The Hall–Kier alpha value is -2.51. The van der Waals surface area contributed by atoms with E-state index in [2.05, 4.69) is 5.43 Å². The molecule has 1 heterocycles. The molecule has 0 saturated heterocycles. The Morgan fingerprint density at radius 2 is 1.71 bits per heavy atom. The van der Waals surface area contributed by atoms with Crippen LogP contribution in [-0.2, 0) is 6.18 Å². The monoisotopic (exact) mass is 299 g/mol. The van der Waals surface area contributed by atoms with Gasteiger partial charge in [-0.25, -0.2) is 0 Å². The summed E-state index contributed by atoms with van der Waals surface area (Å²) in [4.78, 5) is 10.1. The molecule has 0 atom stereocenters. The number of alkyl halides is 3. The van der Waals surface area contributed by atoms with Gasteiger partial charge in [-0.15, -0.1) is 0 Å². The molecule has 1 aromatic heterocycles. The van der Waals surface area contributed by atoms with Gasteiger partial charge in [-0.3, -0.25) is 20.2 Å². The predicted molar refractivity (Wildman–Crippen MR) is 71.0 cm³/mol. The summed E-state index contributed by atoms with van der Waals surface area (Å²) in [5.41, 5.74) is 2.63. The molecule has 2 aromatic rings. The van der Waals surface area contributed by atoms with Gasteiger partial charge >= 0.3 is 6.18 Å². The molecule has 2 rings (SSSR count). The largest absolute Gasteiger partial charge is 0.416 e. The lowest BCUT2D eigenvalue weighted by Gasteiger charge is -2.14. The van der Waals surface area contributed by atoms with Crippen LogP contribution in [-0.4, -0.2) is 9.60 Å². The highest BCUT2D eigenvalue weighted by atomic mass is 19.4. The van der Waals surface area contributed by atoms with Gasteiger partial charge < -0.3 is 0 Å². The average molecular weight is 299 g/mol. The molecule has 112 valence electrons. The highest BCUT2D eigenvalue weighted by Gasteiger charge is 2.33. The molecule has 1 aromatic carbocycles. The second kappa shape index (κ2) is 5.12. The zero-order chi connectivity index (χ0) is 15.8. The van der Waals surface area contributed by atoms with Crippen molar-refractivity contribution in [2.45, 2.75) is 20.0 Å². The molecule has 0 radical (unpaired) electrons. The van der Waals surface area contributed by atoms with E-state index in [0.29, 0.717) is 6.07 Å². The zero-order valence-electron chi connectivity index (χ0n) is 11.2. The summed E-state index contributed by atoms with van der Waals surface area (Å²) in [5.74, 6) is 0. The molecular formula is C13H12F3N3O2. The van der Waals surface area contributed by atoms with E-state index in [1.807, 2.05) is 0 Å². The number of nitro groups is 1. The third-order valence-corrected chi connectivity index (χ3v) is 3.03. The number of rotatable bonds is 3. The number of hydrogen-bond acceptors (Lipinski definition) is 3. The van der Waals surface area contributed by atoms with Crippen molar-refractivity contribution in [3.05, 3.63) is 57.4 Å². The van der Waals surface area contributed by atoms with Crippen molar-refractivity contribution in [2.24, 2.45) is 0 Å². The minimum Gasteiger partial charge on any atom is -0.288 e. The van der Waals surface area contributed by atoms with Gasteiger partial charge in [0.05, 0.1) is 10.5 Å². The molecule has 0 saturated carbocycles. The predicted octanol–water partition coefficient (Wildman–Crippen LogP) is 3.91. The maximum atomic E-state index is 12.6. The van der Waals surface area contributed by atoms with Gasteiger partial charge in [0.15, 0.2) is 0 Å². The number of aryl methyl sites for hydroxylation is 2. The van der Waals surface area contributed by atoms with Crippen molar-refractivity contribution in [3.8, 4) is 0 Å². The third-order valence-electron chi connectivity index (χ3n) is 3.03. The van der Waals surface area contributed by atoms with Crippen LogP contribution in [0.15, 0.2) is 30.3 Å². The molecule has 5 nitrogen and oxygen atoms in total. The van der Waals surface area contributed by atoms with Gasteiger partial charge in [0.1, 0.15) is 5.69 Å². The van der Waals surface area contributed by atoms with Crippen molar-refractivity contribution in [1.82, 2.24) is 4.68 Å². The molecule has 0 amide bonds. The van der Waals surface area contributed by atoms with Crippen molar-refractivity contribution >= 4 is 11.4 Å². The normalized spacial score (nSPS) is 11.5. The van der Waals surface area contributed by atoms with E-state index in [4.69, 9.17) is 0 Å². The number of nitrogens with one attached hydrogen (secondary N) is 1. The van der Waals surface area contributed by atoms with Crippen molar-refractivity contribution in [1.29, 1.82) is 0 Å². The summed E-state index contributed by atoms with van der Waals surface area (Å²) in [6, 6.07) is 5.97. The van der Waals surface area contributed by atoms with Gasteiger partial charge in [0, 0.05) is 17.5 Å². The van der Waals surface area contributed by atoms with E-state index in [1.54, 1.807) is 30.7 Å². The maximum absolute atomic E-state index is 12.6. The second-order valence-corrected chi connectivity index (χ2v) is 4.55. The van der Waals surface area contributed by atoms with E-state index in [0.717, 1.165) is 23.5 Å². The molecule has 0 bridgehead atoms. The Morgan fingerprint density at radius 3 is 2.19 bits per heavy atom. The summed E-state index contributed by atoms with van der Waals surface area (Å²) in [6.45, 7) is 3.55. The first kappa shape index (κ1) is 14.9.